The Hall–Kier alpha value is -3.24. The molecule has 0 fully saturated rings. The van der Waals surface area contributed by atoms with Crippen molar-refractivity contribution in [3.05, 3.63) is 75.1 Å². The second-order valence-corrected chi connectivity index (χ2v) is 7.91. The van der Waals surface area contributed by atoms with E-state index < -0.39 is 0 Å². The normalized spacial score (nSPS) is 11.3. The van der Waals surface area contributed by atoms with Gasteiger partial charge in [-0.25, -0.2) is 14.6 Å². The highest BCUT2D eigenvalue weighted by molar-refractivity contribution is 7.99. The van der Waals surface area contributed by atoms with Crippen LogP contribution >= 0.6 is 23.1 Å². The molecule has 0 amide bonds. The number of rotatable bonds is 5. The number of aromatic nitrogens is 7. The summed E-state index contributed by atoms with van der Waals surface area (Å²) in [4.78, 5) is 25.5. The maximum absolute atomic E-state index is 12.4. The van der Waals surface area contributed by atoms with Crippen LogP contribution in [0, 0.1) is 0 Å². The van der Waals surface area contributed by atoms with Crippen molar-refractivity contribution in [2.75, 3.05) is 0 Å². The highest BCUT2D eigenvalue weighted by Crippen LogP contribution is 2.23. The molecule has 0 bridgehead atoms. The fraction of sp³-hybridized carbons (Fsp3) is 0.0556. The van der Waals surface area contributed by atoms with E-state index in [1.165, 1.54) is 22.8 Å². The van der Waals surface area contributed by atoms with Crippen LogP contribution in [0.1, 0.15) is 10.7 Å². The number of nitrogens with zero attached hydrogens (tertiary/aromatic N) is 5. The summed E-state index contributed by atoms with van der Waals surface area (Å²) in [5, 5.41) is 14.8. The summed E-state index contributed by atoms with van der Waals surface area (Å²) in [6, 6.07) is 13.6. The van der Waals surface area contributed by atoms with Crippen LogP contribution in [0.15, 0.2) is 69.1 Å². The number of hydrogen-bond donors (Lipinski definition) is 2. The Balaban J connectivity index is 1.46. The summed E-state index contributed by atoms with van der Waals surface area (Å²) < 4.78 is 1.65. The first-order valence-corrected chi connectivity index (χ1v) is 10.1. The van der Waals surface area contributed by atoms with Gasteiger partial charge in [-0.3, -0.25) is 9.89 Å². The second kappa shape index (κ2) is 7.06. The van der Waals surface area contributed by atoms with Gasteiger partial charge >= 0.3 is 0 Å². The van der Waals surface area contributed by atoms with Crippen LogP contribution in [0.3, 0.4) is 0 Å². The lowest BCUT2D eigenvalue weighted by Gasteiger charge is -2.03. The third kappa shape index (κ3) is 3.23. The van der Waals surface area contributed by atoms with E-state index in [0.717, 1.165) is 11.5 Å². The molecule has 0 atom stereocenters. The lowest BCUT2D eigenvalue weighted by molar-refractivity contribution is 0.869. The van der Waals surface area contributed by atoms with Crippen LogP contribution in [-0.4, -0.2) is 34.9 Å². The van der Waals surface area contributed by atoms with Gasteiger partial charge in [-0.05, 0) is 35.3 Å². The minimum atomic E-state index is -0.246. The maximum Gasteiger partial charge on any atom is 0.262 e. The van der Waals surface area contributed by atoms with E-state index in [1.807, 2.05) is 41.8 Å². The monoisotopic (exact) mass is 407 g/mol. The lowest BCUT2D eigenvalue weighted by atomic mass is 10.3. The van der Waals surface area contributed by atoms with Gasteiger partial charge in [0.1, 0.15) is 11.2 Å². The van der Waals surface area contributed by atoms with E-state index in [9.17, 15) is 4.79 Å². The molecule has 0 saturated heterocycles. The van der Waals surface area contributed by atoms with Crippen LogP contribution in [0.4, 0.5) is 0 Å². The zero-order valence-electron chi connectivity index (χ0n) is 14.4. The van der Waals surface area contributed by atoms with Gasteiger partial charge in [-0.2, -0.15) is 5.10 Å². The molecule has 4 aromatic heterocycles. The molecule has 4 heterocycles. The van der Waals surface area contributed by atoms with Gasteiger partial charge in [0, 0.05) is 11.3 Å². The molecule has 0 spiro atoms. The van der Waals surface area contributed by atoms with Crippen LogP contribution in [0.2, 0.25) is 0 Å². The van der Waals surface area contributed by atoms with Gasteiger partial charge in [0.2, 0.25) is 5.16 Å². The second-order valence-electron chi connectivity index (χ2n) is 5.92. The van der Waals surface area contributed by atoms with Crippen molar-refractivity contribution >= 4 is 34.1 Å². The molecule has 0 aliphatic rings. The predicted molar refractivity (Wildman–Crippen MR) is 107 cm³/mol. The van der Waals surface area contributed by atoms with E-state index in [2.05, 4.69) is 36.3 Å². The molecule has 2 N–H and O–H groups in total. The molecule has 138 valence electrons. The molecule has 1 aromatic carbocycles. The summed E-state index contributed by atoms with van der Waals surface area (Å²) >= 11 is 2.87. The van der Waals surface area contributed by atoms with Crippen molar-refractivity contribution in [1.29, 1.82) is 0 Å². The fourth-order valence-corrected chi connectivity index (χ4v) is 4.18. The molecule has 0 aliphatic carbocycles. The van der Waals surface area contributed by atoms with Crippen molar-refractivity contribution < 1.29 is 0 Å². The zero-order valence-corrected chi connectivity index (χ0v) is 16.0. The van der Waals surface area contributed by atoms with Gasteiger partial charge < -0.3 is 4.98 Å². The molecular weight excluding hydrogens is 394 g/mol. The molecule has 5 aromatic rings. The smallest absolute Gasteiger partial charge is 0.262 e. The number of aromatic amines is 2. The molecule has 0 saturated carbocycles. The maximum atomic E-state index is 12.4. The third-order valence-corrected chi connectivity index (χ3v) is 5.67. The van der Waals surface area contributed by atoms with E-state index in [4.69, 9.17) is 0 Å². The molecule has 10 heteroatoms. The highest BCUT2D eigenvalue weighted by atomic mass is 32.2. The SMILES string of the molecule is O=c1[nH]c(Sc2n[nH]c(Cc3cccs3)n2)nc2c1cnn2-c1ccccc1. The molecule has 0 aliphatic heterocycles. The van der Waals surface area contributed by atoms with Crippen LogP contribution in [0.25, 0.3) is 16.7 Å². The molecule has 5 rings (SSSR count). The topological polar surface area (TPSA) is 105 Å². The van der Waals surface area contributed by atoms with Gasteiger partial charge in [-0.15, -0.1) is 16.4 Å². The number of benzene rings is 1. The Labute approximate surface area is 166 Å². The minimum absolute atomic E-state index is 0.246. The Morgan fingerprint density at radius 2 is 2.00 bits per heavy atom. The summed E-state index contributed by atoms with van der Waals surface area (Å²) in [7, 11) is 0. The zero-order chi connectivity index (χ0) is 18.9. The van der Waals surface area contributed by atoms with Crippen molar-refractivity contribution in [2.24, 2.45) is 0 Å². The lowest BCUT2D eigenvalue weighted by Crippen LogP contribution is -2.09. The fourth-order valence-electron chi connectivity index (χ4n) is 2.77. The molecule has 8 nitrogen and oxygen atoms in total. The van der Waals surface area contributed by atoms with Crippen LogP contribution in [-0.2, 0) is 6.42 Å². The van der Waals surface area contributed by atoms with E-state index >= 15 is 0 Å². The summed E-state index contributed by atoms with van der Waals surface area (Å²) in [5.74, 6) is 0.766. The largest absolute Gasteiger partial charge is 0.300 e. The quantitative estimate of drug-likeness (QED) is 0.434. The van der Waals surface area contributed by atoms with Crippen molar-refractivity contribution in [1.82, 2.24) is 34.9 Å². The van der Waals surface area contributed by atoms with Crippen molar-refractivity contribution in [2.45, 2.75) is 16.7 Å². The molecular formula is C18H13N7OS2. The number of fused-ring (bicyclic) bond motifs is 1. The molecule has 0 radical (unpaired) electrons. The number of nitrogens with one attached hydrogen (secondary N) is 2. The van der Waals surface area contributed by atoms with Gasteiger partial charge in [0.05, 0.1) is 11.9 Å². The number of thiophene rings is 1. The average Bonchev–Trinajstić information content (AvgIpc) is 3.44. The Morgan fingerprint density at radius 1 is 1.11 bits per heavy atom. The van der Waals surface area contributed by atoms with E-state index in [0.29, 0.717) is 27.8 Å². The standard InChI is InChI=1S/C18H13N7OS2/c26-16-13-10-19-25(11-5-2-1-3-6-11)15(13)21-17(22-16)28-18-20-14(23-24-18)9-12-7-4-8-27-12/h1-8,10H,9H2,(H,20,23,24)(H,21,22,26). The Morgan fingerprint density at radius 3 is 2.82 bits per heavy atom. The average molecular weight is 407 g/mol. The number of hydrogen-bond acceptors (Lipinski definition) is 7. The predicted octanol–water partition coefficient (Wildman–Crippen LogP) is 3.03. The summed E-state index contributed by atoms with van der Waals surface area (Å²) in [6.45, 7) is 0. The summed E-state index contributed by atoms with van der Waals surface area (Å²) in [5.41, 5.74) is 1.08. The third-order valence-electron chi connectivity index (χ3n) is 4.04. The van der Waals surface area contributed by atoms with Gasteiger partial charge in [-0.1, -0.05) is 24.3 Å². The van der Waals surface area contributed by atoms with Gasteiger partial charge in [0.25, 0.3) is 5.56 Å². The van der Waals surface area contributed by atoms with Gasteiger partial charge in [0.15, 0.2) is 10.8 Å². The van der Waals surface area contributed by atoms with Crippen LogP contribution < -0.4 is 5.56 Å². The molecule has 0 unspecified atom stereocenters. The Bertz CT molecular complexity index is 1290. The van der Waals surface area contributed by atoms with Crippen molar-refractivity contribution in [3.63, 3.8) is 0 Å². The number of para-hydroxylation sites is 1. The van der Waals surface area contributed by atoms with E-state index in [1.54, 1.807) is 16.0 Å². The molecule has 28 heavy (non-hydrogen) atoms. The summed E-state index contributed by atoms with van der Waals surface area (Å²) in [6.07, 6.45) is 2.21. The first-order valence-electron chi connectivity index (χ1n) is 8.41. The number of H-pyrrole nitrogens is 2. The Kier molecular flexibility index (Phi) is 4.26. The first kappa shape index (κ1) is 16.9. The first-order chi connectivity index (χ1) is 13.8. The highest BCUT2D eigenvalue weighted by Gasteiger charge is 2.14. The van der Waals surface area contributed by atoms with Crippen LogP contribution in [0.5, 0.6) is 0 Å². The van der Waals surface area contributed by atoms with E-state index in [-0.39, 0.29) is 5.56 Å². The minimum Gasteiger partial charge on any atom is -0.300 e. The van der Waals surface area contributed by atoms with Crippen molar-refractivity contribution in [3.8, 4) is 5.69 Å².